The minimum absolute atomic E-state index is 0.159. The number of carboxylic acid groups (broad SMARTS) is 1. The third-order valence-corrected chi connectivity index (χ3v) is 2.68. The van der Waals surface area contributed by atoms with Gasteiger partial charge in [0, 0.05) is 5.56 Å². The van der Waals surface area contributed by atoms with Gasteiger partial charge in [0.1, 0.15) is 5.92 Å². The minimum Gasteiger partial charge on any atom is -0.481 e. The van der Waals surface area contributed by atoms with Gasteiger partial charge in [-0.2, -0.15) is 0 Å². The number of carboxylic acids is 1. The fraction of sp³-hybridized carbons (Fsp3) is 0.286. The number of hydrogen-bond donors (Lipinski definition) is 1. The first kappa shape index (κ1) is 13.2. The Morgan fingerprint density at radius 3 is 2.59 bits per heavy atom. The standard InChI is InChI=1S/C14H16O3/c1-3-7-12(14(16)17)13(15)11-9-6-5-8-10(11)4-2/h3,5-6,8-9,12H,1,4,7H2,2H3,(H,16,17). The van der Waals surface area contributed by atoms with Crippen molar-refractivity contribution in [1.82, 2.24) is 0 Å². The number of aliphatic carboxylic acids is 1. The lowest BCUT2D eigenvalue weighted by Gasteiger charge is -2.11. The number of hydrogen-bond acceptors (Lipinski definition) is 2. The highest BCUT2D eigenvalue weighted by molar-refractivity contribution is 6.09. The van der Waals surface area contributed by atoms with Crippen molar-refractivity contribution in [1.29, 1.82) is 0 Å². The van der Waals surface area contributed by atoms with Gasteiger partial charge in [-0.1, -0.05) is 37.3 Å². The van der Waals surface area contributed by atoms with Gasteiger partial charge in [0.2, 0.25) is 0 Å². The zero-order valence-electron chi connectivity index (χ0n) is 9.85. The van der Waals surface area contributed by atoms with Crippen LogP contribution in [-0.4, -0.2) is 16.9 Å². The predicted octanol–water partition coefficient (Wildman–Crippen LogP) is 2.71. The van der Waals surface area contributed by atoms with E-state index >= 15 is 0 Å². The van der Waals surface area contributed by atoms with Gasteiger partial charge in [0.25, 0.3) is 0 Å². The summed E-state index contributed by atoms with van der Waals surface area (Å²) in [7, 11) is 0. The zero-order chi connectivity index (χ0) is 12.8. The average Bonchev–Trinajstić information content (AvgIpc) is 2.34. The molecule has 0 aliphatic heterocycles. The molecule has 0 aliphatic carbocycles. The second-order valence-electron chi connectivity index (χ2n) is 3.79. The van der Waals surface area contributed by atoms with Crippen molar-refractivity contribution in [2.24, 2.45) is 5.92 Å². The SMILES string of the molecule is C=CCC(C(=O)O)C(=O)c1ccccc1CC. The van der Waals surface area contributed by atoms with Crippen LogP contribution in [0.5, 0.6) is 0 Å². The average molecular weight is 232 g/mol. The lowest BCUT2D eigenvalue weighted by molar-refractivity contribution is -0.139. The number of aryl methyl sites for hydroxylation is 1. The summed E-state index contributed by atoms with van der Waals surface area (Å²) in [4.78, 5) is 23.2. The molecule has 1 aromatic carbocycles. The van der Waals surface area contributed by atoms with Crippen LogP contribution in [0, 0.1) is 5.92 Å². The van der Waals surface area contributed by atoms with E-state index in [1.807, 2.05) is 19.1 Å². The number of rotatable bonds is 6. The van der Waals surface area contributed by atoms with Crippen LogP contribution >= 0.6 is 0 Å². The van der Waals surface area contributed by atoms with E-state index in [1.54, 1.807) is 12.1 Å². The van der Waals surface area contributed by atoms with Gasteiger partial charge in [-0.15, -0.1) is 6.58 Å². The van der Waals surface area contributed by atoms with E-state index in [-0.39, 0.29) is 12.2 Å². The highest BCUT2D eigenvalue weighted by Crippen LogP contribution is 2.17. The van der Waals surface area contributed by atoms with Crippen LogP contribution in [0.1, 0.15) is 29.3 Å². The Bertz CT molecular complexity index is 435. The molecule has 0 saturated heterocycles. The van der Waals surface area contributed by atoms with E-state index in [2.05, 4.69) is 6.58 Å². The summed E-state index contributed by atoms with van der Waals surface area (Å²) in [5.41, 5.74) is 1.39. The Hall–Kier alpha value is -1.90. The smallest absolute Gasteiger partial charge is 0.314 e. The summed E-state index contributed by atoms with van der Waals surface area (Å²) in [5.74, 6) is -2.46. The topological polar surface area (TPSA) is 54.4 Å². The first-order chi connectivity index (χ1) is 8.11. The lowest BCUT2D eigenvalue weighted by Crippen LogP contribution is -2.24. The van der Waals surface area contributed by atoms with Gasteiger partial charge in [-0.3, -0.25) is 9.59 Å². The fourth-order valence-corrected chi connectivity index (χ4v) is 1.74. The highest BCUT2D eigenvalue weighted by Gasteiger charge is 2.26. The summed E-state index contributed by atoms with van der Waals surface area (Å²) in [5, 5.41) is 9.03. The number of benzene rings is 1. The van der Waals surface area contributed by atoms with Crippen molar-refractivity contribution in [3.05, 3.63) is 48.0 Å². The molecule has 0 heterocycles. The van der Waals surface area contributed by atoms with E-state index in [9.17, 15) is 9.59 Å². The first-order valence-electron chi connectivity index (χ1n) is 5.57. The molecule has 0 amide bonds. The van der Waals surface area contributed by atoms with Crippen LogP contribution in [-0.2, 0) is 11.2 Å². The number of ketones is 1. The van der Waals surface area contributed by atoms with Gasteiger partial charge >= 0.3 is 5.97 Å². The second-order valence-corrected chi connectivity index (χ2v) is 3.79. The van der Waals surface area contributed by atoms with E-state index in [1.165, 1.54) is 6.08 Å². The van der Waals surface area contributed by atoms with Gasteiger partial charge < -0.3 is 5.11 Å². The predicted molar refractivity (Wildman–Crippen MR) is 66.1 cm³/mol. The lowest BCUT2D eigenvalue weighted by atomic mass is 9.91. The Morgan fingerprint density at radius 2 is 2.06 bits per heavy atom. The quantitative estimate of drug-likeness (QED) is 0.466. The van der Waals surface area contributed by atoms with Crippen molar-refractivity contribution in [2.45, 2.75) is 19.8 Å². The molecule has 1 N–H and O–H groups in total. The molecule has 3 nitrogen and oxygen atoms in total. The summed E-state index contributed by atoms with van der Waals surface area (Å²) in [6.45, 7) is 5.43. The summed E-state index contributed by atoms with van der Waals surface area (Å²) >= 11 is 0. The first-order valence-corrected chi connectivity index (χ1v) is 5.57. The van der Waals surface area contributed by atoms with Gasteiger partial charge in [-0.05, 0) is 18.4 Å². The minimum atomic E-state index is -1.10. The van der Waals surface area contributed by atoms with Gasteiger partial charge in [-0.25, -0.2) is 0 Å². The maximum atomic E-state index is 12.1. The molecule has 0 bridgehead atoms. The zero-order valence-corrected chi connectivity index (χ0v) is 9.85. The Morgan fingerprint density at radius 1 is 1.41 bits per heavy atom. The molecule has 0 saturated carbocycles. The van der Waals surface area contributed by atoms with E-state index in [0.29, 0.717) is 12.0 Å². The van der Waals surface area contributed by atoms with Crippen LogP contribution in [0.25, 0.3) is 0 Å². The third-order valence-electron chi connectivity index (χ3n) is 2.68. The normalized spacial score (nSPS) is 11.8. The number of Topliss-reactive ketones (excluding diaryl/α,β-unsaturated/α-hetero) is 1. The van der Waals surface area contributed by atoms with Crippen molar-refractivity contribution >= 4 is 11.8 Å². The van der Waals surface area contributed by atoms with Crippen molar-refractivity contribution in [2.75, 3.05) is 0 Å². The molecule has 1 unspecified atom stereocenters. The molecule has 0 aromatic heterocycles. The number of carbonyl (C=O) groups excluding carboxylic acids is 1. The molecular weight excluding hydrogens is 216 g/mol. The van der Waals surface area contributed by atoms with Gasteiger partial charge in [0.15, 0.2) is 5.78 Å². The van der Waals surface area contributed by atoms with Crippen molar-refractivity contribution < 1.29 is 14.7 Å². The Labute approximate surface area is 101 Å². The summed E-state index contributed by atoms with van der Waals surface area (Å²) in [6.07, 6.45) is 2.33. The maximum absolute atomic E-state index is 12.1. The molecule has 17 heavy (non-hydrogen) atoms. The maximum Gasteiger partial charge on any atom is 0.314 e. The van der Waals surface area contributed by atoms with Crippen LogP contribution in [0.2, 0.25) is 0 Å². The molecule has 3 heteroatoms. The van der Waals surface area contributed by atoms with Crippen molar-refractivity contribution in [3.63, 3.8) is 0 Å². The van der Waals surface area contributed by atoms with Crippen LogP contribution in [0.4, 0.5) is 0 Å². The summed E-state index contributed by atoms with van der Waals surface area (Å²) < 4.78 is 0. The molecule has 0 fully saturated rings. The van der Waals surface area contributed by atoms with E-state index in [4.69, 9.17) is 5.11 Å². The molecule has 1 aromatic rings. The number of carbonyl (C=O) groups is 2. The van der Waals surface area contributed by atoms with Crippen LogP contribution in [0.3, 0.4) is 0 Å². The molecular formula is C14H16O3. The second kappa shape index (κ2) is 5.99. The van der Waals surface area contributed by atoms with Crippen molar-refractivity contribution in [3.8, 4) is 0 Å². The Kier molecular flexibility index (Phi) is 4.64. The molecule has 1 rings (SSSR count). The van der Waals surface area contributed by atoms with E-state index < -0.39 is 11.9 Å². The highest BCUT2D eigenvalue weighted by atomic mass is 16.4. The van der Waals surface area contributed by atoms with Crippen LogP contribution in [0.15, 0.2) is 36.9 Å². The third kappa shape index (κ3) is 3.03. The monoisotopic (exact) mass is 232 g/mol. The van der Waals surface area contributed by atoms with Crippen LogP contribution < -0.4 is 0 Å². The molecule has 0 aliphatic rings. The molecule has 0 radical (unpaired) electrons. The summed E-state index contributed by atoms with van der Waals surface area (Å²) in [6, 6.07) is 7.12. The van der Waals surface area contributed by atoms with Gasteiger partial charge in [0.05, 0.1) is 0 Å². The molecule has 1 atom stereocenters. The number of allylic oxidation sites excluding steroid dienone is 1. The molecule has 90 valence electrons. The fourth-order valence-electron chi connectivity index (χ4n) is 1.74. The molecule has 0 spiro atoms. The Balaban J connectivity index is 3.08. The largest absolute Gasteiger partial charge is 0.481 e. The van der Waals surface area contributed by atoms with E-state index in [0.717, 1.165) is 5.56 Å².